The van der Waals surface area contributed by atoms with Crippen molar-refractivity contribution < 1.29 is 22.7 Å². The summed E-state index contributed by atoms with van der Waals surface area (Å²) in [7, 11) is 0. The van der Waals surface area contributed by atoms with Crippen LogP contribution in [0.3, 0.4) is 0 Å². The molecule has 0 radical (unpaired) electrons. The van der Waals surface area contributed by atoms with Gasteiger partial charge in [0.2, 0.25) is 5.91 Å². The molecule has 0 aliphatic heterocycles. The zero-order chi connectivity index (χ0) is 22.3. The molecule has 0 atom stereocenters. The smallest absolute Gasteiger partial charge is 0.422 e. The van der Waals surface area contributed by atoms with E-state index in [0.717, 1.165) is 11.4 Å². The zero-order valence-corrected chi connectivity index (χ0v) is 17.5. The quantitative estimate of drug-likeness (QED) is 0.500. The highest BCUT2D eigenvalue weighted by atomic mass is 32.2. The van der Waals surface area contributed by atoms with Crippen molar-refractivity contribution in [2.75, 3.05) is 12.4 Å². The van der Waals surface area contributed by atoms with Gasteiger partial charge in [0, 0.05) is 6.54 Å². The number of hydrogen-bond acceptors (Lipinski definition) is 5. The van der Waals surface area contributed by atoms with E-state index in [1.165, 1.54) is 23.9 Å². The molecule has 0 aliphatic carbocycles. The average Bonchev–Trinajstić information content (AvgIpc) is 3.09. The van der Waals surface area contributed by atoms with Crippen molar-refractivity contribution in [1.29, 1.82) is 0 Å². The number of aryl methyl sites for hydroxylation is 1. The Bertz CT molecular complexity index is 1010. The van der Waals surface area contributed by atoms with Crippen LogP contribution in [0.5, 0.6) is 5.75 Å². The molecular formula is C21H21F3N4O2S. The summed E-state index contributed by atoms with van der Waals surface area (Å²) in [5, 5.41) is 11.6. The second kappa shape index (κ2) is 10.3. The predicted octanol–water partition coefficient (Wildman–Crippen LogP) is 3.98. The molecule has 0 saturated heterocycles. The van der Waals surface area contributed by atoms with Gasteiger partial charge in [-0.25, -0.2) is 0 Å². The van der Waals surface area contributed by atoms with Gasteiger partial charge in [-0.3, -0.25) is 4.79 Å². The lowest BCUT2D eigenvalue weighted by molar-refractivity contribution is -0.153. The number of nitrogens with one attached hydrogen (secondary N) is 1. The van der Waals surface area contributed by atoms with Gasteiger partial charge in [-0.1, -0.05) is 54.2 Å². The topological polar surface area (TPSA) is 69.0 Å². The highest BCUT2D eigenvalue weighted by Gasteiger charge is 2.28. The fourth-order valence-corrected chi connectivity index (χ4v) is 3.52. The third kappa shape index (κ3) is 7.32. The Morgan fingerprint density at radius 1 is 1.10 bits per heavy atom. The number of benzene rings is 2. The Morgan fingerprint density at radius 3 is 2.58 bits per heavy atom. The van der Waals surface area contributed by atoms with Crippen LogP contribution in [0.2, 0.25) is 0 Å². The maximum Gasteiger partial charge on any atom is 0.422 e. The highest BCUT2D eigenvalue weighted by molar-refractivity contribution is 7.99. The van der Waals surface area contributed by atoms with Crippen molar-refractivity contribution in [3.8, 4) is 5.75 Å². The number of amides is 1. The van der Waals surface area contributed by atoms with Crippen molar-refractivity contribution >= 4 is 17.7 Å². The Kier molecular flexibility index (Phi) is 7.56. The first-order chi connectivity index (χ1) is 14.8. The van der Waals surface area contributed by atoms with E-state index in [-0.39, 0.29) is 24.0 Å². The van der Waals surface area contributed by atoms with Crippen LogP contribution in [0.1, 0.15) is 17.0 Å². The monoisotopic (exact) mass is 450 g/mol. The lowest BCUT2D eigenvalue weighted by Gasteiger charge is -2.11. The number of hydrogen-bond donors (Lipinski definition) is 1. The second-order valence-corrected chi connectivity index (χ2v) is 7.66. The third-order valence-electron chi connectivity index (χ3n) is 4.21. The van der Waals surface area contributed by atoms with Crippen LogP contribution in [-0.2, 0) is 17.9 Å². The molecule has 0 aliphatic rings. The van der Waals surface area contributed by atoms with Gasteiger partial charge in [-0.05, 0) is 30.2 Å². The van der Waals surface area contributed by atoms with E-state index in [9.17, 15) is 18.0 Å². The summed E-state index contributed by atoms with van der Waals surface area (Å²) in [6.45, 7) is 1.28. The van der Waals surface area contributed by atoms with Gasteiger partial charge < -0.3 is 14.6 Å². The lowest BCUT2D eigenvalue weighted by atomic mass is 10.2. The SMILES string of the molecule is Cc1nnc(SCC(=O)NCc2cccc(OCC(F)(F)F)c2)n1Cc1ccccc1. The van der Waals surface area contributed by atoms with Crippen molar-refractivity contribution in [3.05, 3.63) is 71.5 Å². The van der Waals surface area contributed by atoms with Gasteiger partial charge in [0.25, 0.3) is 0 Å². The minimum Gasteiger partial charge on any atom is -0.484 e. The number of aromatic nitrogens is 3. The van der Waals surface area contributed by atoms with Gasteiger partial charge in [0.15, 0.2) is 11.8 Å². The summed E-state index contributed by atoms with van der Waals surface area (Å²) in [6, 6.07) is 16.1. The van der Waals surface area contributed by atoms with Crippen LogP contribution in [0.4, 0.5) is 13.2 Å². The van der Waals surface area contributed by atoms with Gasteiger partial charge in [0.1, 0.15) is 11.6 Å². The van der Waals surface area contributed by atoms with Crippen molar-refractivity contribution in [2.24, 2.45) is 0 Å². The van der Waals surface area contributed by atoms with E-state index >= 15 is 0 Å². The number of nitrogens with zero attached hydrogens (tertiary/aromatic N) is 3. The Hall–Kier alpha value is -3.01. The van der Waals surface area contributed by atoms with Crippen LogP contribution < -0.4 is 10.1 Å². The molecule has 1 N–H and O–H groups in total. The molecule has 1 heterocycles. The summed E-state index contributed by atoms with van der Waals surface area (Å²) >= 11 is 1.27. The molecule has 0 fully saturated rings. The van der Waals surface area contributed by atoms with E-state index in [4.69, 9.17) is 4.74 Å². The van der Waals surface area contributed by atoms with E-state index < -0.39 is 12.8 Å². The standard InChI is InChI=1S/C21H21F3N4O2S/c1-15-26-27-20(28(15)12-16-6-3-2-4-7-16)31-13-19(29)25-11-17-8-5-9-18(10-17)30-14-21(22,23)24/h2-10H,11-14H2,1H3,(H,25,29). The number of thioether (sulfide) groups is 1. The van der Waals surface area contributed by atoms with Crippen LogP contribution in [0.25, 0.3) is 0 Å². The Labute approximate surface area is 181 Å². The fraction of sp³-hybridized carbons (Fsp3) is 0.286. The number of rotatable bonds is 9. The average molecular weight is 450 g/mol. The number of ether oxygens (including phenoxy) is 1. The molecule has 164 valence electrons. The molecule has 6 nitrogen and oxygen atoms in total. The van der Waals surface area contributed by atoms with Crippen LogP contribution >= 0.6 is 11.8 Å². The lowest BCUT2D eigenvalue weighted by Crippen LogP contribution is -2.25. The first-order valence-corrected chi connectivity index (χ1v) is 10.4. The van der Waals surface area contributed by atoms with Crippen molar-refractivity contribution in [3.63, 3.8) is 0 Å². The highest BCUT2D eigenvalue weighted by Crippen LogP contribution is 2.20. The van der Waals surface area contributed by atoms with E-state index in [1.54, 1.807) is 12.1 Å². The zero-order valence-electron chi connectivity index (χ0n) is 16.7. The number of carbonyl (C=O) groups excluding carboxylic acids is 1. The molecule has 3 aromatic rings. The van der Waals surface area contributed by atoms with Crippen molar-refractivity contribution in [1.82, 2.24) is 20.1 Å². The van der Waals surface area contributed by atoms with Crippen LogP contribution in [-0.4, -0.2) is 39.2 Å². The van der Waals surface area contributed by atoms with E-state index in [2.05, 4.69) is 15.5 Å². The minimum atomic E-state index is -4.40. The molecule has 1 aromatic heterocycles. The predicted molar refractivity (Wildman–Crippen MR) is 111 cm³/mol. The maximum atomic E-state index is 12.3. The molecule has 0 unspecified atom stereocenters. The van der Waals surface area contributed by atoms with Gasteiger partial charge in [-0.2, -0.15) is 13.2 Å². The molecular weight excluding hydrogens is 429 g/mol. The molecule has 1 amide bonds. The number of alkyl halides is 3. The second-order valence-electron chi connectivity index (χ2n) is 6.72. The Morgan fingerprint density at radius 2 is 1.84 bits per heavy atom. The maximum absolute atomic E-state index is 12.3. The molecule has 3 rings (SSSR count). The van der Waals surface area contributed by atoms with Crippen LogP contribution in [0.15, 0.2) is 59.8 Å². The van der Waals surface area contributed by atoms with Crippen molar-refractivity contribution in [2.45, 2.75) is 31.3 Å². The summed E-state index contributed by atoms with van der Waals surface area (Å²) in [5.74, 6) is 0.765. The van der Waals surface area contributed by atoms with Gasteiger partial charge >= 0.3 is 6.18 Å². The Balaban J connectivity index is 1.50. The molecule has 0 spiro atoms. The largest absolute Gasteiger partial charge is 0.484 e. The van der Waals surface area contributed by atoms with E-state index in [0.29, 0.717) is 17.3 Å². The summed E-state index contributed by atoms with van der Waals surface area (Å²) in [4.78, 5) is 12.2. The summed E-state index contributed by atoms with van der Waals surface area (Å²) in [5.41, 5.74) is 1.74. The summed E-state index contributed by atoms with van der Waals surface area (Å²) < 4.78 is 43.5. The first kappa shape index (κ1) is 22.7. The van der Waals surface area contributed by atoms with Gasteiger partial charge in [0.05, 0.1) is 12.3 Å². The molecule has 0 saturated carbocycles. The number of carbonyl (C=O) groups is 1. The fourth-order valence-electron chi connectivity index (χ4n) is 2.71. The minimum absolute atomic E-state index is 0.0999. The summed E-state index contributed by atoms with van der Waals surface area (Å²) in [6.07, 6.45) is -4.40. The number of halogens is 3. The molecule has 31 heavy (non-hydrogen) atoms. The molecule has 0 bridgehead atoms. The molecule has 2 aromatic carbocycles. The first-order valence-electron chi connectivity index (χ1n) is 9.42. The van der Waals surface area contributed by atoms with Crippen LogP contribution in [0, 0.1) is 6.92 Å². The normalized spacial score (nSPS) is 11.4. The molecule has 10 heteroatoms. The van der Waals surface area contributed by atoms with Gasteiger partial charge in [-0.15, -0.1) is 10.2 Å². The van der Waals surface area contributed by atoms with E-state index in [1.807, 2.05) is 41.8 Å². The third-order valence-corrected chi connectivity index (χ3v) is 5.18.